The lowest BCUT2D eigenvalue weighted by atomic mass is 10.2. The van der Waals surface area contributed by atoms with Gasteiger partial charge in [-0.2, -0.15) is 0 Å². The van der Waals surface area contributed by atoms with E-state index < -0.39 is 0 Å². The molecule has 0 unspecified atom stereocenters. The summed E-state index contributed by atoms with van der Waals surface area (Å²) in [5.41, 5.74) is 2.15. The minimum Gasteiger partial charge on any atom is -0.258 e. The van der Waals surface area contributed by atoms with Crippen LogP contribution < -0.4 is 0 Å². The van der Waals surface area contributed by atoms with Crippen LogP contribution in [0.5, 0.6) is 0 Å². The van der Waals surface area contributed by atoms with Crippen LogP contribution in [0.15, 0.2) is 59.8 Å². The summed E-state index contributed by atoms with van der Waals surface area (Å²) in [6.45, 7) is 0. The second kappa shape index (κ2) is 6.68. The summed E-state index contributed by atoms with van der Waals surface area (Å²) in [4.78, 5) is 15.0. The fourth-order valence-corrected chi connectivity index (χ4v) is 3.38. The number of aromatic nitrogens is 3. The van der Waals surface area contributed by atoms with Gasteiger partial charge < -0.3 is 0 Å². The Kier molecular flexibility index (Phi) is 4.23. The third kappa shape index (κ3) is 3.56. The molecule has 0 bridgehead atoms. The molecule has 0 aliphatic heterocycles. The monoisotopic (exact) mass is 352 g/mol. The second-order valence-electron chi connectivity index (χ2n) is 5.99. The van der Waals surface area contributed by atoms with Crippen molar-refractivity contribution in [3.05, 3.63) is 76.1 Å². The van der Waals surface area contributed by atoms with E-state index in [4.69, 9.17) is 4.98 Å². The lowest BCUT2D eigenvalue weighted by molar-refractivity contribution is -0.384. The van der Waals surface area contributed by atoms with Crippen molar-refractivity contribution in [1.29, 1.82) is 0 Å². The molecule has 0 spiro atoms. The molecule has 7 heteroatoms. The van der Waals surface area contributed by atoms with E-state index in [-0.39, 0.29) is 10.6 Å². The van der Waals surface area contributed by atoms with Crippen molar-refractivity contribution in [2.24, 2.45) is 0 Å². The Morgan fingerprint density at radius 2 is 1.84 bits per heavy atom. The number of nitrogens with zero attached hydrogens (tertiary/aromatic N) is 4. The summed E-state index contributed by atoms with van der Waals surface area (Å²) in [7, 11) is 0. The molecular formula is C18H16N4O2S. The Morgan fingerprint density at radius 1 is 1.12 bits per heavy atom. The quantitative estimate of drug-likeness (QED) is 0.375. The first kappa shape index (κ1) is 15.8. The number of hydrogen-bond donors (Lipinski definition) is 0. The fraction of sp³-hybridized carbons (Fsp3) is 0.222. The average Bonchev–Trinajstić information content (AvgIpc) is 3.40. The smallest absolute Gasteiger partial charge is 0.258 e. The normalized spacial score (nSPS) is 13.8. The standard InChI is InChI=1S/C18H16N4O2S/c23-22(24)16-10-6-13(7-11-16)12-25-18-19-17(14-8-9-14)21(20-18)15-4-2-1-3-5-15/h1-7,10-11,14H,8-9,12H2. The molecule has 0 saturated heterocycles. The first-order valence-electron chi connectivity index (χ1n) is 8.09. The summed E-state index contributed by atoms with van der Waals surface area (Å²) >= 11 is 1.55. The van der Waals surface area contributed by atoms with Crippen LogP contribution in [0.2, 0.25) is 0 Å². The molecule has 1 saturated carbocycles. The van der Waals surface area contributed by atoms with Gasteiger partial charge in [0.05, 0.1) is 10.6 Å². The number of non-ortho nitro benzene ring substituents is 1. The number of benzene rings is 2. The molecular weight excluding hydrogens is 336 g/mol. The van der Waals surface area contributed by atoms with Gasteiger partial charge in [-0.1, -0.05) is 42.1 Å². The minimum absolute atomic E-state index is 0.108. The summed E-state index contributed by atoms with van der Waals surface area (Å²) in [5, 5.41) is 16.1. The van der Waals surface area contributed by atoms with Crippen LogP contribution >= 0.6 is 11.8 Å². The largest absolute Gasteiger partial charge is 0.269 e. The average molecular weight is 352 g/mol. The van der Waals surface area contributed by atoms with Crippen molar-refractivity contribution in [2.75, 3.05) is 0 Å². The van der Waals surface area contributed by atoms with Gasteiger partial charge in [0.1, 0.15) is 5.82 Å². The van der Waals surface area contributed by atoms with E-state index in [1.807, 2.05) is 35.0 Å². The molecule has 25 heavy (non-hydrogen) atoms. The maximum atomic E-state index is 10.7. The van der Waals surface area contributed by atoms with Gasteiger partial charge >= 0.3 is 0 Å². The molecule has 0 radical (unpaired) electrons. The lowest BCUT2D eigenvalue weighted by Gasteiger charge is -2.03. The highest BCUT2D eigenvalue weighted by Gasteiger charge is 2.30. The molecule has 1 heterocycles. The van der Waals surface area contributed by atoms with Crippen LogP contribution in [0, 0.1) is 10.1 Å². The molecule has 1 aliphatic rings. The molecule has 1 aromatic heterocycles. The molecule has 0 amide bonds. The van der Waals surface area contributed by atoms with Gasteiger partial charge in [-0.15, -0.1) is 5.10 Å². The lowest BCUT2D eigenvalue weighted by Crippen LogP contribution is -2.01. The van der Waals surface area contributed by atoms with E-state index in [0.717, 1.165) is 35.1 Å². The number of para-hydroxylation sites is 1. The van der Waals surface area contributed by atoms with Gasteiger partial charge in [0.2, 0.25) is 5.16 Å². The maximum absolute atomic E-state index is 10.7. The summed E-state index contributed by atoms with van der Waals surface area (Å²) in [6.07, 6.45) is 2.33. The molecule has 4 rings (SSSR count). The molecule has 0 atom stereocenters. The zero-order chi connectivity index (χ0) is 17.2. The van der Waals surface area contributed by atoms with Crippen LogP contribution in [0.25, 0.3) is 5.69 Å². The van der Waals surface area contributed by atoms with Crippen LogP contribution in [-0.4, -0.2) is 19.7 Å². The second-order valence-corrected chi connectivity index (χ2v) is 6.93. The predicted octanol–water partition coefficient (Wildman–Crippen LogP) is 4.35. The predicted molar refractivity (Wildman–Crippen MR) is 96.0 cm³/mol. The first-order valence-corrected chi connectivity index (χ1v) is 9.08. The van der Waals surface area contributed by atoms with Gasteiger partial charge in [-0.25, -0.2) is 9.67 Å². The molecule has 3 aromatic rings. The number of rotatable bonds is 6. The molecule has 2 aromatic carbocycles. The van der Waals surface area contributed by atoms with Crippen molar-refractivity contribution >= 4 is 17.4 Å². The number of hydrogen-bond acceptors (Lipinski definition) is 5. The van der Waals surface area contributed by atoms with Crippen molar-refractivity contribution in [2.45, 2.75) is 29.7 Å². The van der Waals surface area contributed by atoms with E-state index in [9.17, 15) is 10.1 Å². The summed E-state index contributed by atoms with van der Waals surface area (Å²) < 4.78 is 1.94. The van der Waals surface area contributed by atoms with Crippen LogP contribution in [0.4, 0.5) is 5.69 Å². The van der Waals surface area contributed by atoms with Crippen molar-refractivity contribution in [3.63, 3.8) is 0 Å². The van der Waals surface area contributed by atoms with Crippen LogP contribution in [-0.2, 0) is 5.75 Å². The minimum atomic E-state index is -0.387. The molecule has 0 N–H and O–H groups in total. The van der Waals surface area contributed by atoms with Gasteiger partial charge in [-0.05, 0) is 30.5 Å². The number of thioether (sulfide) groups is 1. The number of nitro benzene ring substituents is 1. The highest BCUT2D eigenvalue weighted by molar-refractivity contribution is 7.98. The Labute approximate surface area is 149 Å². The van der Waals surface area contributed by atoms with E-state index in [0.29, 0.717) is 11.7 Å². The van der Waals surface area contributed by atoms with Gasteiger partial charge in [-0.3, -0.25) is 10.1 Å². The molecule has 1 fully saturated rings. The Balaban J connectivity index is 1.52. The Hall–Kier alpha value is -2.67. The molecule has 1 aliphatic carbocycles. The van der Waals surface area contributed by atoms with E-state index in [1.54, 1.807) is 23.9 Å². The van der Waals surface area contributed by atoms with E-state index in [2.05, 4.69) is 5.10 Å². The topological polar surface area (TPSA) is 73.8 Å². The zero-order valence-corrected chi connectivity index (χ0v) is 14.2. The van der Waals surface area contributed by atoms with Gasteiger partial charge in [0, 0.05) is 23.8 Å². The molecule has 126 valence electrons. The highest BCUT2D eigenvalue weighted by Crippen LogP contribution is 2.40. The fourth-order valence-electron chi connectivity index (χ4n) is 2.59. The van der Waals surface area contributed by atoms with Gasteiger partial charge in [0.25, 0.3) is 5.69 Å². The number of nitro groups is 1. The van der Waals surface area contributed by atoms with E-state index in [1.165, 1.54) is 12.1 Å². The van der Waals surface area contributed by atoms with Crippen molar-refractivity contribution in [3.8, 4) is 5.69 Å². The Bertz CT molecular complexity index is 889. The zero-order valence-electron chi connectivity index (χ0n) is 13.4. The van der Waals surface area contributed by atoms with Gasteiger partial charge in [0.15, 0.2) is 0 Å². The summed E-state index contributed by atoms with van der Waals surface area (Å²) in [5.74, 6) is 2.21. The highest BCUT2D eigenvalue weighted by atomic mass is 32.2. The third-order valence-corrected chi connectivity index (χ3v) is 4.98. The van der Waals surface area contributed by atoms with Crippen LogP contribution in [0.3, 0.4) is 0 Å². The maximum Gasteiger partial charge on any atom is 0.269 e. The Morgan fingerprint density at radius 3 is 2.48 bits per heavy atom. The SMILES string of the molecule is O=[N+]([O-])c1ccc(CSc2nc(C3CC3)n(-c3ccccc3)n2)cc1. The first-order chi connectivity index (χ1) is 12.2. The summed E-state index contributed by atoms with van der Waals surface area (Å²) in [6, 6.07) is 16.7. The van der Waals surface area contributed by atoms with Crippen molar-refractivity contribution < 1.29 is 4.92 Å². The van der Waals surface area contributed by atoms with E-state index >= 15 is 0 Å². The van der Waals surface area contributed by atoms with Crippen molar-refractivity contribution in [1.82, 2.24) is 14.8 Å². The van der Waals surface area contributed by atoms with Crippen LogP contribution in [0.1, 0.15) is 30.1 Å². The third-order valence-electron chi connectivity index (χ3n) is 4.07. The molecule has 6 nitrogen and oxygen atoms in total.